The molecule has 1 aromatic carbocycles. The first-order chi connectivity index (χ1) is 7.68. The molecule has 82 valence electrons. The molecule has 0 spiro atoms. The van der Waals surface area contributed by atoms with Gasteiger partial charge in [-0.2, -0.15) is 0 Å². The molecule has 2 rings (SSSR count). The highest BCUT2D eigenvalue weighted by molar-refractivity contribution is 5.98. The van der Waals surface area contributed by atoms with Gasteiger partial charge >= 0.3 is 0 Å². The van der Waals surface area contributed by atoms with Gasteiger partial charge < -0.3 is 4.42 Å². The Hall–Kier alpha value is -1.90. The first-order valence-electron chi connectivity index (χ1n) is 4.99. The molecule has 0 radical (unpaired) electrons. The van der Waals surface area contributed by atoms with E-state index in [0.717, 1.165) is 0 Å². The molecule has 0 aliphatic carbocycles. The molecule has 0 bridgehead atoms. The number of hydrogen-bond acceptors (Lipinski definition) is 2. The van der Waals surface area contributed by atoms with Crippen LogP contribution in [0.1, 0.15) is 21.7 Å². The van der Waals surface area contributed by atoms with E-state index >= 15 is 0 Å². The lowest BCUT2D eigenvalue weighted by molar-refractivity contribution is 0.0990. The molecule has 0 saturated heterocycles. The van der Waals surface area contributed by atoms with E-state index in [-0.39, 0.29) is 18.0 Å². The van der Waals surface area contributed by atoms with Crippen molar-refractivity contribution >= 4 is 5.78 Å². The average molecular weight is 218 g/mol. The van der Waals surface area contributed by atoms with E-state index in [2.05, 4.69) is 0 Å². The van der Waals surface area contributed by atoms with Crippen LogP contribution in [0.2, 0.25) is 0 Å². The molecule has 16 heavy (non-hydrogen) atoms. The lowest BCUT2D eigenvalue weighted by atomic mass is 10.0. The topological polar surface area (TPSA) is 30.2 Å². The number of hydrogen-bond donors (Lipinski definition) is 0. The van der Waals surface area contributed by atoms with Crippen molar-refractivity contribution in [2.24, 2.45) is 0 Å². The fourth-order valence-corrected chi connectivity index (χ4v) is 1.58. The summed E-state index contributed by atoms with van der Waals surface area (Å²) in [6.07, 6.45) is 1.52. The summed E-state index contributed by atoms with van der Waals surface area (Å²) in [7, 11) is 0. The maximum atomic E-state index is 13.3. The van der Waals surface area contributed by atoms with E-state index in [1.807, 2.05) is 0 Å². The van der Waals surface area contributed by atoms with E-state index in [0.29, 0.717) is 16.9 Å². The zero-order valence-corrected chi connectivity index (χ0v) is 8.87. The van der Waals surface area contributed by atoms with E-state index < -0.39 is 0 Å². The zero-order valence-electron chi connectivity index (χ0n) is 8.87. The van der Waals surface area contributed by atoms with Crippen molar-refractivity contribution in [2.45, 2.75) is 13.3 Å². The molecule has 0 amide bonds. The minimum atomic E-state index is -0.350. The van der Waals surface area contributed by atoms with Gasteiger partial charge in [0.25, 0.3) is 0 Å². The number of halogens is 1. The third-order valence-corrected chi connectivity index (χ3v) is 2.47. The summed E-state index contributed by atoms with van der Waals surface area (Å²) < 4.78 is 18.4. The van der Waals surface area contributed by atoms with Gasteiger partial charge in [0.1, 0.15) is 11.6 Å². The molecule has 1 aromatic heterocycles. The van der Waals surface area contributed by atoms with Gasteiger partial charge in [0.2, 0.25) is 0 Å². The second-order valence-electron chi connectivity index (χ2n) is 3.58. The van der Waals surface area contributed by atoms with Gasteiger partial charge in [-0.3, -0.25) is 4.79 Å². The summed E-state index contributed by atoms with van der Waals surface area (Å²) in [5, 5.41) is 0. The van der Waals surface area contributed by atoms with Gasteiger partial charge in [-0.15, -0.1) is 0 Å². The molecule has 0 aliphatic heterocycles. The molecule has 2 aromatic rings. The molecule has 2 nitrogen and oxygen atoms in total. The Kier molecular flexibility index (Phi) is 2.86. The van der Waals surface area contributed by atoms with Crippen molar-refractivity contribution in [3.05, 3.63) is 59.3 Å². The van der Waals surface area contributed by atoms with Gasteiger partial charge in [-0.25, -0.2) is 4.39 Å². The van der Waals surface area contributed by atoms with Crippen LogP contribution in [0.5, 0.6) is 0 Å². The predicted molar refractivity (Wildman–Crippen MR) is 57.9 cm³/mol. The van der Waals surface area contributed by atoms with Crippen LogP contribution in [0.4, 0.5) is 4.39 Å². The number of carbonyl (C=O) groups is 1. The standard InChI is InChI=1S/C13H11FO2/c1-9-11(6-7-16-9)13(15)8-10-4-2-3-5-12(10)14/h2-7H,8H2,1H3. The minimum Gasteiger partial charge on any atom is -0.469 e. The third-order valence-electron chi connectivity index (χ3n) is 2.47. The first-order valence-corrected chi connectivity index (χ1v) is 4.99. The van der Waals surface area contributed by atoms with Crippen LogP contribution >= 0.6 is 0 Å². The first kappa shape index (κ1) is 10.6. The van der Waals surface area contributed by atoms with Crippen molar-refractivity contribution in [3.8, 4) is 0 Å². The summed E-state index contributed by atoms with van der Waals surface area (Å²) in [5.74, 6) is 0.0923. The number of Topliss-reactive ketones (excluding diaryl/α,β-unsaturated/α-hetero) is 1. The Bertz CT molecular complexity index is 514. The molecule has 0 fully saturated rings. The van der Waals surface area contributed by atoms with Crippen molar-refractivity contribution in [3.63, 3.8) is 0 Å². The summed E-state index contributed by atoms with van der Waals surface area (Å²) in [6.45, 7) is 1.72. The summed E-state index contributed by atoms with van der Waals surface area (Å²) in [4.78, 5) is 11.8. The molecular weight excluding hydrogens is 207 g/mol. The highest BCUT2D eigenvalue weighted by Gasteiger charge is 2.13. The van der Waals surface area contributed by atoms with Gasteiger partial charge in [0.05, 0.1) is 11.8 Å². The number of aryl methyl sites for hydroxylation is 1. The van der Waals surface area contributed by atoms with Crippen LogP contribution in [0, 0.1) is 12.7 Å². The van der Waals surface area contributed by atoms with Gasteiger partial charge in [0.15, 0.2) is 5.78 Å². The average Bonchev–Trinajstić information content (AvgIpc) is 2.68. The number of rotatable bonds is 3. The lowest BCUT2D eigenvalue weighted by Gasteiger charge is -2.01. The van der Waals surface area contributed by atoms with Gasteiger partial charge in [0, 0.05) is 6.42 Å². The van der Waals surface area contributed by atoms with E-state index in [9.17, 15) is 9.18 Å². The fraction of sp³-hybridized carbons (Fsp3) is 0.154. The Morgan fingerprint density at radius 2 is 2.06 bits per heavy atom. The van der Waals surface area contributed by atoms with Crippen molar-refractivity contribution in [2.75, 3.05) is 0 Å². The summed E-state index contributed by atoms with van der Waals surface area (Å²) >= 11 is 0. The molecular formula is C13H11FO2. The van der Waals surface area contributed by atoms with Crippen LogP contribution in [-0.4, -0.2) is 5.78 Å². The monoisotopic (exact) mass is 218 g/mol. The predicted octanol–water partition coefficient (Wildman–Crippen LogP) is 3.15. The number of furan rings is 1. The van der Waals surface area contributed by atoms with Crippen molar-refractivity contribution < 1.29 is 13.6 Å². The smallest absolute Gasteiger partial charge is 0.170 e. The summed E-state index contributed by atoms with van der Waals surface area (Å²) in [5.41, 5.74) is 0.927. The number of benzene rings is 1. The Labute approximate surface area is 92.7 Å². The Balaban J connectivity index is 2.21. The molecule has 0 N–H and O–H groups in total. The highest BCUT2D eigenvalue weighted by Crippen LogP contribution is 2.14. The summed E-state index contributed by atoms with van der Waals surface area (Å²) in [6, 6.07) is 7.90. The van der Waals surface area contributed by atoms with Crippen LogP contribution in [0.3, 0.4) is 0 Å². The Morgan fingerprint density at radius 1 is 1.31 bits per heavy atom. The Morgan fingerprint density at radius 3 is 2.69 bits per heavy atom. The van der Waals surface area contributed by atoms with E-state index in [4.69, 9.17) is 4.42 Å². The van der Waals surface area contributed by atoms with E-state index in [1.165, 1.54) is 12.3 Å². The van der Waals surface area contributed by atoms with Gasteiger partial charge in [-0.1, -0.05) is 18.2 Å². The van der Waals surface area contributed by atoms with Crippen LogP contribution in [-0.2, 0) is 6.42 Å². The normalized spacial score (nSPS) is 10.4. The minimum absolute atomic E-state index is 0.0625. The largest absolute Gasteiger partial charge is 0.469 e. The van der Waals surface area contributed by atoms with Crippen LogP contribution in [0.25, 0.3) is 0 Å². The molecule has 3 heteroatoms. The number of ketones is 1. The fourth-order valence-electron chi connectivity index (χ4n) is 1.58. The molecule has 0 atom stereocenters. The van der Waals surface area contributed by atoms with Crippen molar-refractivity contribution in [1.82, 2.24) is 0 Å². The molecule has 1 heterocycles. The quantitative estimate of drug-likeness (QED) is 0.741. The molecule has 0 unspecified atom stereocenters. The maximum Gasteiger partial charge on any atom is 0.170 e. The van der Waals surface area contributed by atoms with Crippen molar-refractivity contribution in [1.29, 1.82) is 0 Å². The second kappa shape index (κ2) is 4.31. The maximum absolute atomic E-state index is 13.3. The SMILES string of the molecule is Cc1occc1C(=O)Cc1ccccc1F. The van der Waals surface area contributed by atoms with E-state index in [1.54, 1.807) is 31.2 Å². The zero-order chi connectivity index (χ0) is 11.5. The highest BCUT2D eigenvalue weighted by atomic mass is 19.1. The van der Waals surface area contributed by atoms with Crippen LogP contribution in [0.15, 0.2) is 41.0 Å². The van der Waals surface area contributed by atoms with Crippen LogP contribution < -0.4 is 0 Å². The lowest BCUT2D eigenvalue weighted by Crippen LogP contribution is -2.05. The second-order valence-corrected chi connectivity index (χ2v) is 3.58. The molecule has 0 aliphatic rings. The number of carbonyl (C=O) groups excluding carboxylic acids is 1. The third kappa shape index (κ3) is 2.03. The van der Waals surface area contributed by atoms with Gasteiger partial charge in [-0.05, 0) is 24.6 Å². The molecule has 0 saturated carbocycles.